The summed E-state index contributed by atoms with van der Waals surface area (Å²) >= 11 is 2.67. The number of hydrogen-bond donors (Lipinski definition) is 1. The molecule has 1 atom stereocenters. The van der Waals surface area contributed by atoms with Gasteiger partial charge >= 0.3 is 0 Å². The quantitative estimate of drug-likeness (QED) is 0.738. The van der Waals surface area contributed by atoms with Crippen molar-refractivity contribution < 1.29 is 13.2 Å². The van der Waals surface area contributed by atoms with Gasteiger partial charge in [-0.1, -0.05) is 6.07 Å². The highest BCUT2D eigenvalue weighted by Gasteiger charge is 2.39. The molecule has 1 unspecified atom stereocenters. The second-order valence-corrected chi connectivity index (χ2v) is 9.68. The number of amides is 1. The highest BCUT2D eigenvalue weighted by atomic mass is 32.2. The Morgan fingerprint density at radius 3 is 2.96 bits per heavy atom. The molecule has 4 rings (SSSR count). The summed E-state index contributed by atoms with van der Waals surface area (Å²) in [5, 5.41) is 4.57. The van der Waals surface area contributed by atoms with Gasteiger partial charge in [0.15, 0.2) is 0 Å². The Morgan fingerprint density at radius 2 is 2.16 bits per heavy atom. The Hall–Kier alpha value is -1.81. The first-order valence-corrected chi connectivity index (χ1v) is 10.9. The lowest BCUT2D eigenvalue weighted by Crippen LogP contribution is -2.42. The van der Waals surface area contributed by atoms with E-state index in [0.717, 1.165) is 10.2 Å². The standard InChI is InChI=1S/C16H15N3O3S3/c20-16(18-11-5-6-12-14(9-11)24-10-17-12)13-3-1-7-19(13)25(21,22)15-4-2-8-23-15/h2,4-6,8-10,13H,1,3,7H2,(H,18,20). The lowest BCUT2D eigenvalue weighted by molar-refractivity contribution is -0.119. The first kappa shape index (κ1) is 16.6. The molecule has 1 N–H and O–H groups in total. The Kier molecular flexibility index (Phi) is 4.32. The second kappa shape index (κ2) is 6.49. The van der Waals surface area contributed by atoms with E-state index in [1.165, 1.54) is 27.0 Å². The van der Waals surface area contributed by atoms with E-state index in [9.17, 15) is 13.2 Å². The lowest BCUT2D eigenvalue weighted by atomic mass is 10.2. The molecule has 9 heteroatoms. The molecule has 1 aromatic carbocycles. The number of thiophene rings is 1. The number of sulfonamides is 1. The predicted molar refractivity (Wildman–Crippen MR) is 99.5 cm³/mol. The molecule has 6 nitrogen and oxygen atoms in total. The molecule has 0 saturated carbocycles. The number of nitrogens with zero attached hydrogens (tertiary/aromatic N) is 2. The van der Waals surface area contributed by atoms with Gasteiger partial charge in [0.05, 0.1) is 15.7 Å². The Labute approximate surface area is 153 Å². The van der Waals surface area contributed by atoms with E-state index >= 15 is 0 Å². The first-order valence-electron chi connectivity index (χ1n) is 7.75. The number of thiazole rings is 1. The van der Waals surface area contributed by atoms with Gasteiger partial charge in [0.1, 0.15) is 10.3 Å². The molecule has 1 fully saturated rings. The minimum Gasteiger partial charge on any atom is -0.325 e. The van der Waals surface area contributed by atoms with Crippen LogP contribution in [-0.2, 0) is 14.8 Å². The molecule has 0 bridgehead atoms. The topological polar surface area (TPSA) is 79.4 Å². The average Bonchev–Trinajstić information content (AvgIpc) is 3.33. The summed E-state index contributed by atoms with van der Waals surface area (Å²) < 4.78 is 28.1. The van der Waals surface area contributed by atoms with Gasteiger partial charge in [-0.25, -0.2) is 13.4 Å². The number of nitrogens with one attached hydrogen (secondary N) is 1. The third-order valence-electron chi connectivity index (χ3n) is 4.16. The van der Waals surface area contributed by atoms with Crippen molar-refractivity contribution >= 4 is 54.5 Å². The smallest absolute Gasteiger partial charge is 0.253 e. The highest BCUT2D eigenvalue weighted by molar-refractivity contribution is 7.91. The van der Waals surface area contributed by atoms with Gasteiger partial charge in [-0.15, -0.1) is 22.7 Å². The normalized spacial score (nSPS) is 18.6. The maximum atomic E-state index is 12.8. The second-order valence-electron chi connectivity index (χ2n) is 5.73. The Morgan fingerprint density at radius 1 is 1.28 bits per heavy atom. The molecule has 3 heterocycles. The Balaban J connectivity index is 1.56. The monoisotopic (exact) mass is 393 g/mol. The number of hydrogen-bond acceptors (Lipinski definition) is 6. The van der Waals surface area contributed by atoms with Crippen molar-refractivity contribution in [1.82, 2.24) is 9.29 Å². The van der Waals surface area contributed by atoms with Crippen LogP contribution in [0.2, 0.25) is 0 Å². The van der Waals surface area contributed by atoms with Gasteiger partial charge in [-0.2, -0.15) is 4.31 Å². The van der Waals surface area contributed by atoms with Crippen LogP contribution in [0.1, 0.15) is 12.8 Å². The zero-order valence-electron chi connectivity index (χ0n) is 13.1. The summed E-state index contributed by atoms with van der Waals surface area (Å²) in [5.74, 6) is -0.290. The minimum absolute atomic E-state index is 0.276. The van der Waals surface area contributed by atoms with Crippen molar-refractivity contribution in [3.05, 3.63) is 41.2 Å². The maximum absolute atomic E-state index is 12.8. The van der Waals surface area contributed by atoms with E-state index in [1.54, 1.807) is 29.1 Å². The molecule has 0 aliphatic carbocycles. The number of anilines is 1. The van der Waals surface area contributed by atoms with Crippen LogP contribution < -0.4 is 5.32 Å². The fraction of sp³-hybridized carbons (Fsp3) is 0.250. The number of carbonyl (C=O) groups excluding carboxylic acids is 1. The summed E-state index contributed by atoms with van der Waals surface area (Å²) in [6.07, 6.45) is 1.20. The molecule has 1 aliphatic heterocycles. The van der Waals surface area contributed by atoms with Crippen LogP contribution in [0.5, 0.6) is 0 Å². The van der Waals surface area contributed by atoms with Gasteiger partial charge in [-0.3, -0.25) is 4.79 Å². The van der Waals surface area contributed by atoms with Crippen LogP contribution in [-0.4, -0.2) is 36.2 Å². The number of carbonyl (C=O) groups is 1. The highest BCUT2D eigenvalue weighted by Crippen LogP contribution is 2.29. The fourth-order valence-corrected chi connectivity index (χ4v) is 6.47. The molecule has 3 aromatic rings. The maximum Gasteiger partial charge on any atom is 0.253 e. The minimum atomic E-state index is -3.62. The molecule has 25 heavy (non-hydrogen) atoms. The van der Waals surface area contributed by atoms with Gasteiger partial charge in [0.25, 0.3) is 10.0 Å². The number of benzene rings is 1. The van der Waals surface area contributed by atoms with E-state index in [-0.39, 0.29) is 10.1 Å². The van der Waals surface area contributed by atoms with Crippen LogP contribution in [0, 0.1) is 0 Å². The van der Waals surface area contributed by atoms with Gasteiger partial charge < -0.3 is 5.32 Å². The van der Waals surface area contributed by atoms with Gasteiger partial charge in [-0.05, 0) is 42.5 Å². The van der Waals surface area contributed by atoms with E-state index in [4.69, 9.17) is 0 Å². The molecule has 2 aromatic heterocycles. The predicted octanol–water partition coefficient (Wildman–Crippen LogP) is 3.15. The van der Waals surface area contributed by atoms with Crippen molar-refractivity contribution in [2.24, 2.45) is 0 Å². The molecule has 0 spiro atoms. The zero-order valence-corrected chi connectivity index (χ0v) is 15.5. The van der Waals surface area contributed by atoms with E-state index in [2.05, 4.69) is 10.3 Å². The summed E-state index contributed by atoms with van der Waals surface area (Å²) in [7, 11) is -3.62. The summed E-state index contributed by atoms with van der Waals surface area (Å²) in [5.41, 5.74) is 3.29. The van der Waals surface area contributed by atoms with Crippen molar-refractivity contribution in [3.8, 4) is 0 Å². The molecular weight excluding hydrogens is 378 g/mol. The van der Waals surface area contributed by atoms with E-state index < -0.39 is 16.1 Å². The van der Waals surface area contributed by atoms with Crippen molar-refractivity contribution in [3.63, 3.8) is 0 Å². The number of aromatic nitrogens is 1. The molecule has 130 valence electrons. The SMILES string of the molecule is O=C(Nc1ccc2ncsc2c1)C1CCCN1S(=O)(=O)c1cccs1. The van der Waals surface area contributed by atoms with Gasteiger partial charge in [0.2, 0.25) is 5.91 Å². The first-order chi connectivity index (χ1) is 12.1. The van der Waals surface area contributed by atoms with Crippen LogP contribution in [0.15, 0.2) is 45.4 Å². The number of fused-ring (bicyclic) bond motifs is 1. The lowest BCUT2D eigenvalue weighted by Gasteiger charge is -2.22. The molecule has 1 saturated heterocycles. The molecular formula is C16H15N3O3S3. The zero-order chi connectivity index (χ0) is 17.4. The number of rotatable bonds is 4. The van der Waals surface area contributed by atoms with Crippen molar-refractivity contribution in [2.75, 3.05) is 11.9 Å². The molecule has 0 radical (unpaired) electrons. The van der Waals surface area contributed by atoms with E-state index in [0.29, 0.717) is 25.1 Å². The summed E-state index contributed by atoms with van der Waals surface area (Å²) in [6.45, 7) is 0.367. The van der Waals surface area contributed by atoms with Crippen LogP contribution >= 0.6 is 22.7 Å². The van der Waals surface area contributed by atoms with Crippen LogP contribution in [0.4, 0.5) is 5.69 Å². The third-order valence-corrected chi connectivity index (χ3v) is 8.24. The van der Waals surface area contributed by atoms with Crippen molar-refractivity contribution in [2.45, 2.75) is 23.1 Å². The Bertz CT molecular complexity index is 1010. The average molecular weight is 394 g/mol. The summed E-state index contributed by atoms with van der Waals surface area (Å²) in [4.78, 5) is 16.9. The summed E-state index contributed by atoms with van der Waals surface area (Å²) in [6, 6.07) is 8.09. The van der Waals surface area contributed by atoms with Crippen molar-refractivity contribution in [1.29, 1.82) is 0 Å². The molecule has 1 amide bonds. The van der Waals surface area contributed by atoms with Crippen LogP contribution in [0.25, 0.3) is 10.2 Å². The van der Waals surface area contributed by atoms with Crippen LogP contribution in [0.3, 0.4) is 0 Å². The third kappa shape index (κ3) is 3.08. The molecule has 1 aliphatic rings. The van der Waals surface area contributed by atoms with Gasteiger partial charge in [0, 0.05) is 12.2 Å². The largest absolute Gasteiger partial charge is 0.325 e. The fourth-order valence-electron chi connectivity index (χ4n) is 2.97. The van der Waals surface area contributed by atoms with E-state index in [1.807, 2.05) is 12.1 Å².